The predicted molar refractivity (Wildman–Crippen MR) is 81.9 cm³/mol. The van der Waals surface area contributed by atoms with Crippen LogP contribution in [0, 0.1) is 13.8 Å². The molecule has 0 aromatic heterocycles. The number of aryl methyl sites for hydroxylation is 2. The summed E-state index contributed by atoms with van der Waals surface area (Å²) in [6, 6.07) is 16.3. The molecular formula is C18H22O2. The fourth-order valence-corrected chi connectivity index (χ4v) is 2.52. The van der Waals surface area contributed by atoms with Gasteiger partial charge < -0.3 is 10.2 Å². The molecule has 0 saturated heterocycles. The van der Waals surface area contributed by atoms with Gasteiger partial charge in [-0.05, 0) is 31.4 Å². The van der Waals surface area contributed by atoms with E-state index in [1.807, 2.05) is 31.2 Å². The van der Waals surface area contributed by atoms with Crippen molar-refractivity contribution >= 4 is 0 Å². The minimum Gasteiger partial charge on any atom is -0.395 e. The van der Waals surface area contributed by atoms with Crippen LogP contribution in [0.3, 0.4) is 0 Å². The van der Waals surface area contributed by atoms with Crippen LogP contribution >= 0.6 is 0 Å². The van der Waals surface area contributed by atoms with Crippen molar-refractivity contribution in [2.75, 3.05) is 13.2 Å². The van der Waals surface area contributed by atoms with Crippen LogP contribution < -0.4 is 0 Å². The summed E-state index contributed by atoms with van der Waals surface area (Å²) in [5, 5.41) is 19.8. The van der Waals surface area contributed by atoms with Crippen molar-refractivity contribution in [2.24, 2.45) is 0 Å². The molecule has 0 unspecified atom stereocenters. The summed E-state index contributed by atoms with van der Waals surface area (Å²) in [5.41, 5.74) is 3.84. The van der Waals surface area contributed by atoms with Gasteiger partial charge in [0.25, 0.3) is 0 Å². The summed E-state index contributed by atoms with van der Waals surface area (Å²) in [4.78, 5) is 0. The van der Waals surface area contributed by atoms with E-state index in [1.54, 1.807) is 0 Å². The van der Waals surface area contributed by atoms with Crippen molar-refractivity contribution in [3.63, 3.8) is 0 Å². The summed E-state index contributed by atoms with van der Waals surface area (Å²) in [5.74, 6) is 0. The third-order valence-electron chi connectivity index (χ3n) is 3.90. The second kappa shape index (κ2) is 6.21. The molecule has 2 aromatic carbocycles. The third kappa shape index (κ3) is 3.09. The number of rotatable bonds is 5. The lowest BCUT2D eigenvalue weighted by molar-refractivity contribution is 0.116. The molecule has 0 radical (unpaired) electrons. The molecule has 20 heavy (non-hydrogen) atoms. The lowest BCUT2D eigenvalue weighted by atomic mass is 9.76. The van der Waals surface area contributed by atoms with E-state index >= 15 is 0 Å². The van der Waals surface area contributed by atoms with Crippen molar-refractivity contribution < 1.29 is 10.2 Å². The highest BCUT2D eigenvalue weighted by Gasteiger charge is 2.31. The van der Waals surface area contributed by atoms with Crippen LogP contribution in [0.5, 0.6) is 0 Å². The van der Waals surface area contributed by atoms with Gasteiger partial charge in [-0.15, -0.1) is 0 Å². The van der Waals surface area contributed by atoms with Gasteiger partial charge >= 0.3 is 0 Å². The SMILES string of the molecule is Cc1ccc(CC(CO)(CO)c2cccc(C)c2)cc1. The summed E-state index contributed by atoms with van der Waals surface area (Å²) in [6.07, 6.45) is 0.629. The Kier molecular flexibility index (Phi) is 4.58. The van der Waals surface area contributed by atoms with Gasteiger partial charge in [0.15, 0.2) is 0 Å². The summed E-state index contributed by atoms with van der Waals surface area (Å²) in [6.45, 7) is 3.94. The van der Waals surface area contributed by atoms with Crippen LogP contribution in [-0.2, 0) is 11.8 Å². The number of hydrogen-bond donors (Lipinski definition) is 2. The van der Waals surface area contributed by atoms with Crippen molar-refractivity contribution in [2.45, 2.75) is 25.7 Å². The normalized spacial score (nSPS) is 11.6. The van der Waals surface area contributed by atoms with Gasteiger partial charge in [-0.1, -0.05) is 59.7 Å². The number of aliphatic hydroxyl groups is 2. The quantitative estimate of drug-likeness (QED) is 0.877. The van der Waals surface area contributed by atoms with E-state index in [0.717, 1.165) is 16.7 Å². The Bertz CT molecular complexity index is 554. The molecule has 0 aliphatic carbocycles. The zero-order chi connectivity index (χ0) is 14.6. The second-order valence-corrected chi connectivity index (χ2v) is 5.63. The fraction of sp³-hybridized carbons (Fsp3) is 0.333. The molecule has 0 fully saturated rings. The highest BCUT2D eigenvalue weighted by Crippen LogP contribution is 2.28. The minimum absolute atomic E-state index is 0.0686. The first-order valence-corrected chi connectivity index (χ1v) is 6.94. The maximum absolute atomic E-state index is 9.88. The van der Waals surface area contributed by atoms with E-state index in [1.165, 1.54) is 5.56 Å². The monoisotopic (exact) mass is 270 g/mol. The molecule has 2 N–H and O–H groups in total. The number of hydrogen-bond acceptors (Lipinski definition) is 2. The van der Waals surface area contributed by atoms with Crippen LogP contribution in [-0.4, -0.2) is 23.4 Å². The highest BCUT2D eigenvalue weighted by atomic mass is 16.3. The lowest BCUT2D eigenvalue weighted by Gasteiger charge is -2.31. The smallest absolute Gasteiger partial charge is 0.0553 e. The van der Waals surface area contributed by atoms with E-state index in [-0.39, 0.29) is 13.2 Å². The molecule has 2 rings (SSSR count). The van der Waals surface area contributed by atoms with Crippen LogP contribution in [0.15, 0.2) is 48.5 Å². The predicted octanol–water partition coefficient (Wildman–Crippen LogP) is 2.77. The molecule has 0 bridgehead atoms. The van der Waals surface area contributed by atoms with Gasteiger partial charge in [0, 0.05) is 5.41 Å². The van der Waals surface area contributed by atoms with E-state index in [0.29, 0.717) is 6.42 Å². The van der Waals surface area contributed by atoms with Gasteiger partial charge in [0.05, 0.1) is 13.2 Å². The zero-order valence-electron chi connectivity index (χ0n) is 12.1. The van der Waals surface area contributed by atoms with E-state index < -0.39 is 5.41 Å². The molecule has 2 aromatic rings. The maximum Gasteiger partial charge on any atom is 0.0553 e. The molecule has 0 spiro atoms. The van der Waals surface area contributed by atoms with E-state index in [4.69, 9.17) is 0 Å². The number of aliphatic hydroxyl groups excluding tert-OH is 2. The molecule has 0 atom stereocenters. The molecule has 106 valence electrons. The first kappa shape index (κ1) is 14.8. The van der Waals surface area contributed by atoms with E-state index in [2.05, 4.69) is 31.2 Å². The average Bonchev–Trinajstić information content (AvgIpc) is 2.47. The maximum atomic E-state index is 9.88. The Morgan fingerprint density at radius 1 is 0.850 bits per heavy atom. The summed E-state index contributed by atoms with van der Waals surface area (Å²) >= 11 is 0. The van der Waals surface area contributed by atoms with E-state index in [9.17, 15) is 10.2 Å². The Morgan fingerprint density at radius 2 is 1.50 bits per heavy atom. The van der Waals surface area contributed by atoms with Crippen LogP contribution in [0.2, 0.25) is 0 Å². The van der Waals surface area contributed by atoms with Gasteiger partial charge in [-0.3, -0.25) is 0 Å². The van der Waals surface area contributed by atoms with Crippen LogP contribution in [0.1, 0.15) is 22.3 Å². The lowest BCUT2D eigenvalue weighted by Crippen LogP contribution is -2.37. The minimum atomic E-state index is -0.624. The molecular weight excluding hydrogens is 248 g/mol. The topological polar surface area (TPSA) is 40.5 Å². The van der Waals surface area contributed by atoms with Crippen molar-refractivity contribution in [3.8, 4) is 0 Å². The molecule has 0 heterocycles. The van der Waals surface area contributed by atoms with Gasteiger partial charge in [-0.25, -0.2) is 0 Å². The Morgan fingerprint density at radius 3 is 2.05 bits per heavy atom. The first-order valence-electron chi connectivity index (χ1n) is 6.94. The Balaban J connectivity index is 2.36. The molecule has 2 heteroatoms. The summed E-state index contributed by atoms with van der Waals surface area (Å²) < 4.78 is 0. The van der Waals surface area contributed by atoms with Gasteiger partial charge in [0.1, 0.15) is 0 Å². The molecule has 0 aliphatic rings. The Labute approximate surface area is 120 Å². The molecule has 0 aliphatic heterocycles. The van der Waals surface area contributed by atoms with Gasteiger partial charge in [0.2, 0.25) is 0 Å². The largest absolute Gasteiger partial charge is 0.395 e. The van der Waals surface area contributed by atoms with Crippen LogP contribution in [0.4, 0.5) is 0 Å². The average molecular weight is 270 g/mol. The third-order valence-corrected chi connectivity index (χ3v) is 3.90. The Hall–Kier alpha value is -1.64. The second-order valence-electron chi connectivity index (χ2n) is 5.63. The molecule has 0 amide bonds. The van der Waals surface area contributed by atoms with Crippen molar-refractivity contribution in [3.05, 3.63) is 70.8 Å². The van der Waals surface area contributed by atoms with Crippen molar-refractivity contribution in [1.29, 1.82) is 0 Å². The first-order chi connectivity index (χ1) is 9.59. The number of benzene rings is 2. The molecule has 2 nitrogen and oxygen atoms in total. The summed E-state index contributed by atoms with van der Waals surface area (Å²) in [7, 11) is 0. The fourth-order valence-electron chi connectivity index (χ4n) is 2.52. The zero-order valence-corrected chi connectivity index (χ0v) is 12.1. The van der Waals surface area contributed by atoms with Gasteiger partial charge in [-0.2, -0.15) is 0 Å². The standard InChI is InChI=1S/C18H22O2/c1-14-6-8-16(9-7-14)11-18(12-19,13-20)17-5-3-4-15(2)10-17/h3-10,19-20H,11-13H2,1-2H3. The van der Waals surface area contributed by atoms with Crippen LogP contribution in [0.25, 0.3) is 0 Å². The highest BCUT2D eigenvalue weighted by molar-refractivity contribution is 5.33. The molecule has 0 saturated carbocycles. The van der Waals surface area contributed by atoms with Crippen molar-refractivity contribution in [1.82, 2.24) is 0 Å².